The van der Waals surface area contributed by atoms with Gasteiger partial charge in [0.15, 0.2) is 0 Å². The van der Waals surface area contributed by atoms with E-state index >= 15 is 0 Å². The molecule has 0 aliphatic carbocycles. The number of carbonyl (C=O) groups excluding carboxylic acids is 2. The Balaban J connectivity index is 2.61. The number of ether oxygens (including phenoxy) is 1. The molecule has 1 aromatic carbocycles. The lowest BCUT2D eigenvalue weighted by molar-refractivity contribution is -0.0401. The summed E-state index contributed by atoms with van der Waals surface area (Å²) in [4.78, 5) is 22.1. The second-order valence-electron chi connectivity index (χ2n) is 4.86. The molecule has 0 aliphatic heterocycles. The van der Waals surface area contributed by atoms with Crippen LogP contribution in [-0.2, 0) is 14.6 Å². The summed E-state index contributed by atoms with van der Waals surface area (Å²) in [7, 11) is 0. The molecule has 0 heterocycles. The topological polar surface area (TPSA) is 63.3 Å². The predicted octanol–water partition coefficient (Wildman–Crippen LogP) is 2.29. The first-order valence-corrected chi connectivity index (χ1v) is 5.71. The van der Waals surface area contributed by atoms with Crippen LogP contribution in [0.5, 0.6) is 0 Å². The highest BCUT2D eigenvalue weighted by atomic mass is 16.5. The fourth-order valence-electron chi connectivity index (χ4n) is 1.66. The Labute approximate surface area is 107 Å². The molecular weight excluding hydrogens is 232 g/mol. The van der Waals surface area contributed by atoms with Crippen LogP contribution in [0.2, 0.25) is 0 Å². The zero-order valence-corrected chi connectivity index (χ0v) is 10.7. The first kappa shape index (κ1) is 14.4. The van der Waals surface area contributed by atoms with Gasteiger partial charge >= 0.3 is 5.97 Å². The van der Waals surface area contributed by atoms with E-state index in [2.05, 4.69) is 0 Å². The molecule has 4 nitrogen and oxygen atoms in total. The summed E-state index contributed by atoms with van der Waals surface area (Å²) < 4.78 is 5.15. The van der Waals surface area contributed by atoms with Gasteiger partial charge in [-0.1, -0.05) is 12.1 Å². The van der Waals surface area contributed by atoms with E-state index in [9.17, 15) is 14.7 Å². The number of esters is 1. The molecule has 1 unspecified atom stereocenters. The summed E-state index contributed by atoms with van der Waals surface area (Å²) in [6, 6.07) is 5.98. The SMILES string of the molecule is CC(CC(C)(C)[O])OC(=O)c1ccc([C]=O)cc1. The van der Waals surface area contributed by atoms with Crippen molar-refractivity contribution < 1.29 is 19.4 Å². The van der Waals surface area contributed by atoms with Crippen molar-refractivity contribution in [3.05, 3.63) is 35.4 Å². The highest BCUT2D eigenvalue weighted by molar-refractivity contribution is 5.90. The van der Waals surface area contributed by atoms with Gasteiger partial charge in [-0.15, -0.1) is 0 Å². The third-order valence-corrected chi connectivity index (χ3v) is 2.33. The summed E-state index contributed by atoms with van der Waals surface area (Å²) in [6.07, 6.45) is 1.53. The molecule has 96 valence electrons. The molecular formula is C14H16O4. The van der Waals surface area contributed by atoms with E-state index in [-0.39, 0.29) is 6.42 Å². The second-order valence-corrected chi connectivity index (χ2v) is 4.86. The van der Waals surface area contributed by atoms with Crippen molar-refractivity contribution in [3.8, 4) is 0 Å². The van der Waals surface area contributed by atoms with Crippen molar-refractivity contribution in [2.45, 2.75) is 38.9 Å². The van der Waals surface area contributed by atoms with Gasteiger partial charge in [-0.2, -0.15) is 0 Å². The lowest BCUT2D eigenvalue weighted by Crippen LogP contribution is -2.26. The lowest BCUT2D eigenvalue weighted by Gasteiger charge is -2.20. The molecule has 1 aromatic rings. The molecule has 4 heteroatoms. The van der Waals surface area contributed by atoms with Gasteiger partial charge in [-0.05, 0) is 32.9 Å². The molecule has 0 aromatic heterocycles. The van der Waals surface area contributed by atoms with Crippen molar-refractivity contribution in [2.24, 2.45) is 0 Å². The highest BCUT2D eigenvalue weighted by Gasteiger charge is 2.22. The zero-order valence-electron chi connectivity index (χ0n) is 10.7. The number of hydrogen-bond acceptors (Lipinski definition) is 3. The van der Waals surface area contributed by atoms with Crippen LogP contribution in [0.25, 0.3) is 0 Å². The van der Waals surface area contributed by atoms with Gasteiger partial charge in [0, 0.05) is 12.0 Å². The van der Waals surface area contributed by atoms with Crippen LogP contribution in [0.4, 0.5) is 0 Å². The van der Waals surface area contributed by atoms with Crippen molar-refractivity contribution >= 4 is 12.3 Å². The molecule has 0 saturated heterocycles. The molecule has 0 N–H and O–H groups in total. The zero-order chi connectivity index (χ0) is 13.8. The second kappa shape index (κ2) is 5.78. The minimum atomic E-state index is -1.13. The maximum absolute atomic E-state index is 11.7. The van der Waals surface area contributed by atoms with Gasteiger partial charge < -0.3 is 4.74 Å². The minimum absolute atomic E-state index is 0.249. The standard InChI is InChI=1S/C14H16O4/c1-10(8-14(2,3)17)18-13(16)12-6-4-11(9-15)5-7-12/h4-7,10H,8H2,1-3H3. The number of benzene rings is 1. The molecule has 1 atom stereocenters. The van der Waals surface area contributed by atoms with Crippen molar-refractivity contribution in [2.75, 3.05) is 0 Å². The van der Waals surface area contributed by atoms with Gasteiger partial charge in [-0.25, -0.2) is 9.90 Å². The third kappa shape index (κ3) is 4.67. The van der Waals surface area contributed by atoms with Crippen LogP contribution in [0.3, 0.4) is 0 Å². The summed E-state index contributed by atoms with van der Waals surface area (Å²) in [5.74, 6) is -0.496. The monoisotopic (exact) mass is 248 g/mol. The molecule has 1 rings (SSSR count). The largest absolute Gasteiger partial charge is 0.459 e. The van der Waals surface area contributed by atoms with Crippen LogP contribution >= 0.6 is 0 Å². The van der Waals surface area contributed by atoms with E-state index in [1.54, 1.807) is 27.1 Å². The highest BCUT2D eigenvalue weighted by Crippen LogP contribution is 2.15. The average Bonchev–Trinajstić information content (AvgIpc) is 2.26. The Kier molecular flexibility index (Phi) is 4.62. The number of hydrogen-bond donors (Lipinski definition) is 0. The van der Waals surface area contributed by atoms with E-state index in [0.717, 1.165) is 0 Å². The Bertz CT molecular complexity index is 414. The molecule has 0 fully saturated rings. The maximum Gasteiger partial charge on any atom is 0.338 e. The van der Waals surface area contributed by atoms with Gasteiger partial charge in [0.05, 0.1) is 5.56 Å². The molecule has 0 bridgehead atoms. The Morgan fingerprint density at radius 3 is 2.33 bits per heavy atom. The fraction of sp³-hybridized carbons (Fsp3) is 0.429. The first-order chi connectivity index (χ1) is 8.31. The summed E-state index contributed by atoms with van der Waals surface area (Å²) in [5, 5.41) is 11.5. The molecule has 0 amide bonds. The van der Waals surface area contributed by atoms with Crippen LogP contribution in [0.1, 0.15) is 43.1 Å². The lowest BCUT2D eigenvalue weighted by atomic mass is 10.0. The number of carbonyl (C=O) groups is 1. The maximum atomic E-state index is 11.7. The van der Waals surface area contributed by atoms with E-state index in [0.29, 0.717) is 11.1 Å². The minimum Gasteiger partial charge on any atom is -0.459 e. The third-order valence-electron chi connectivity index (χ3n) is 2.33. The van der Waals surface area contributed by atoms with Crippen molar-refractivity contribution in [1.82, 2.24) is 0 Å². The fourth-order valence-corrected chi connectivity index (χ4v) is 1.66. The Morgan fingerprint density at radius 2 is 1.89 bits per heavy atom. The summed E-state index contributed by atoms with van der Waals surface area (Å²) >= 11 is 0. The van der Waals surface area contributed by atoms with Crippen LogP contribution in [0.15, 0.2) is 24.3 Å². The molecule has 2 radical (unpaired) electrons. The quantitative estimate of drug-likeness (QED) is 0.751. The molecule has 0 aliphatic rings. The molecule has 0 saturated carbocycles. The summed E-state index contributed by atoms with van der Waals surface area (Å²) in [6.45, 7) is 4.78. The first-order valence-electron chi connectivity index (χ1n) is 5.71. The van der Waals surface area contributed by atoms with E-state index in [1.165, 1.54) is 24.3 Å². The van der Waals surface area contributed by atoms with Crippen LogP contribution < -0.4 is 0 Å². The van der Waals surface area contributed by atoms with Gasteiger partial charge in [-0.3, -0.25) is 4.79 Å². The van der Waals surface area contributed by atoms with Crippen molar-refractivity contribution in [3.63, 3.8) is 0 Å². The van der Waals surface area contributed by atoms with Gasteiger partial charge in [0.25, 0.3) is 0 Å². The Morgan fingerprint density at radius 1 is 1.33 bits per heavy atom. The van der Waals surface area contributed by atoms with E-state index < -0.39 is 17.7 Å². The smallest absolute Gasteiger partial charge is 0.338 e. The van der Waals surface area contributed by atoms with E-state index in [4.69, 9.17) is 4.74 Å². The molecule has 18 heavy (non-hydrogen) atoms. The van der Waals surface area contributed by atoms with Crippen LogP contribution in [0, 0.1) is 0 Å². The van der Waals surface area contributed by atoms with Gasteiger partial charge in [0.2, 0.25) is 6.29 Å². The Hall–Kier alpha value is -1.68. The normalized spacial score (nSPS) is 12.9. The molecule has 0 spiro atoms. The summed E-state index contributed by atoms with van der Waals surface area (Å²) in [5.41, 5.74) is -0.402. The van der Waals surface area contributed by atoms with Crippen LogP contribution in [-0.4, -0.2) is 24.0 Å². The number of rotatable bonds is 5. The average molecular weight is 248 g/mol. The van der Waals surface area contributed by atoms with Gasteiger partial charge in [0.1, 0.15) is 11.7 Å². The van der Waals surface area contributed by atoms with E-state index in [1.807, 2.05) is 0 Å². The van der Waals surface area contributed by atoms with Crippen molar-refractivity contribution in [1.29, 1.82) is 0 Å². The predicted molar refractivity (Wildman–Crippen MR) is 65.5 cm³/mol.